The molecular weight excluding hydrogens is 519 g/mol. The first-order chi connectivity index (χ1) is 18.9. The predicted molar refractivity (Wildman–Crippen MR) is 143 cm³/mol. The zero-order valence-corrected chi connectivity index (χ0v) is 21.2. The number of allylic oxidation sites excluding steroid dienone is 1. The lowest BCUT2D eigenvalue weighted by Crippen LogP contribution is -2.26. The molecule has 0 spiro atoms. The average Bonchev–Trinajstić information content (AvgIpc) is 3.29. The largest absolute Gasteiger partial charge is 0.359 e. The number of rotatable bonds is 4. The van der Waals surface area contributed by atoms with Crippen molar-refractivity contribution in [2.45, 2.75) is 24.8 Å². The van der Waals surface area contributed by atoms with E-state index in [1.807, 2.05) is 30.3 Å². The highest BCUT2D eigenvalue weighted by molar-refractivity contribution is 6.31. The number of fused-ring (bicyclic) bond motifs is 4. The molecule has 0 saturated heterocycles. The van der Waals surface area contributed by atoms with Gasteiger partial charge >= 0.3 is 0 Å². The fourth-order valence-electron chi connectivity index (χ4n) is 6.14. The summed E-state index contributed by atoms with van der Waals surface area (Å²) in [5.74, 6) is 0.336. The lowest BCUT2D eigenvalue weighted by Gasteiger charge is -2.17. The van der Waals surface area contributed by atoms with Crippen molar-refractivity contribution in [3.63, 3.8) is 0 Å². The highest BCUT2D eigenvalue weighted by atomic mass is 35.5. The van der Waals surface area contributed by atoms with Crippen LogP contribution in [0.25, 0.3) is 28.1 Å². The molecule has 1 fully saturated rings. The molecule has 39 heavy (non-hydrogen) atoms. The summed E-state index contributed by atoms with van der Waals surface area (Å²) in [4.78, 5) is 21.1. The number of hydrogen-bond donors (Lipinski definition) is 2. The summed E-state index contributed by atoms with van der Waals surface area (Å²) in [5.41, 5.74) is 6.81. The molecular formula is C28H20ClFN8O. The fourth-order valence-corrected chi connectivity index (χ4v) is 6.32. The average molecular weight is 539 g/mol. The van der Waals surface area contributed by atoms with Gasteiger partial charge < -0.3 is 14.9 Å². The smallest absolute Gasteiger partial charge is 0.252 e. The summed E-state index contributed by atoms with van der Waals surface area (Å²) in [5, 5.41) is 15.2. The molecule has 3 atom stereocenters. The van der Waals surface area contributed by atoms with Gasteiger partial charge in [0.15, 0.2) is 0 Å². The summed E-state index contributed by atoms with van der Waals surface area (Å²) < 4.78 is 18.5. The van der Waals surface area contributed by atoms with Crippen LogP contribution in [0.15, 0.2) is 71.9 Å². The lowest BCUT2D eigenvalue weighted by atomic mass is 10.0. The Morgan fingerprint density at radius 2 is 2.00 bits per heavy atom. The van der Waals surface area contributed by atoms with E-state index < -0.39 is 5.95 Å². The van der Waals surface area contributed by atoms with Gasteiger partial charge in [0.1, 0.15) is 17.8 Å². The van der Waals surface area contributed by atoms with E-state index in [0.717, 1.165) is 40.2 Å². The quantitative estimate of drug-likeness (QED) is 0.338. The molecule has 1 aliphatic carbocycles. The Kier molecular flexibility index (Phi) is 4.58. The highest BCUT2D eigenvalue weighted by Gasteiger charge is 2.54. The second-order valence-electron chi connectivity index (χ2n) is 10.3. The van der Waals surface area contributed by atoms with Crippen LogP contribution in [-0.4, -0.2) is 34.7 Å². The first-order valence-electron chi connectivity index (χ1n) is 12.6. The monoisotopic (exact) mass is 538 g/mol. The van der Waals surface area contributed by atoms with Gasteiger partial charge in [-0.2, -0.15) is 9.07 Å². The Hall–Kier alpha value is -4.57. The van der Waals surface area contributed by atoms with E-state index in [0.29, 0.717) is 28.5 Å². The van der Waals surface area contributed by atoms with Crippen molar-refractivity contribution in [2.24, 2.45) is 5.92 Å². The van der Waals surface area contributed by atoms with E-state index in [2.05, 4.69) is 37.4 Å². The summed E-state index contributed by atoms with van der Waals surface area (Å²) in [6.45, 7) is 3.98. The highest BCUT2D eigenvalue weighted by Crippen LogP contribution is 2.60. The molecule has 1 saturated carbocycles. The van der Waals surface area contributed by atoms with Crippen LogP contribution in [0.1, 0.15) is 35.5 Å². The molecule has 11 heteroatoms. The van der Waals surface area contributed by atoms with Crippen molar-refractivity contribution >= 4 is 17.3 Å². The number of nitrogens with one attached hydrogen (secondary N) is 2. The summed E-state index contributed by atoms with van der Waals surface area (Å²) in [7, 11) is 0. The minimum atomic E-state index is -0.505. The standard InChI is InChI=1S/C28H20ClFN8O/c1-13-6-16-7-14(2-4-21(16)32-13)25-27(30)34-28(33-25)26-20-11-19(20)23-8-15(9-24(39)38(23)26)18-10-17(29)3-5-22(18)37-12-31-35-36-37/h2-5,7-10,12,19-20,26,32H,1,6,11H2,(H,33,34). The van der Waals surface area contributed by atoms with Crippen LogP contribution < -0.4 is 10.9 Å². The van der Waals surface area contributed by atoms with Crippen LogP contribution in [0, 0.1) is 11.9 Å². The number of pyridine rings is 1. The molecule has 0 amide bonds. The van der Waals surface area contributed by atoms with Gasteiger partial charge in [-0.15, -0.1) is 5.10 Å². The molecule has 2 aromatic carbocycles. The maximum Gasteiger partial charge on any atom is 0.252 e. The van der Waals surface area contributed by atoms with Crippen LogP contribution in [0.4, 0.5) is 10.1 Å². The second kappa shape index (κ2) is 7.97. The number of aromatic amines is 1. The van der Waals surface area contributed by atoms with Crippen molar-refractivity contribution in [3.05, 3.63) is 106 Å². The molecule has 5 aromatic rings. The molecule has 3 aromatic heterocycles. The Bertz CT molecular complexity index is 1890. The van der Waals surface area contributed by atoms with E-state index in [4.69, 9.17) is 11.6 Å². The maximum absolute atomic E-state index is 15.2. The number of halogens is 2. The van der Waals surface area contributed by atoms with E-state index in [9.17, 15) is 4.79 Å². The number of H-pyrrole nitrogens is 1. The second-order valence-corrected chi connectivity index (χ2v) is 10.7. The molecule has 2 aliphatic heterocycles. The Labute approximate surface area is 226 Å². The van der Waals surface area contributed by atoms with Crippen LogP contribution in [0.5, 0.6) is 0 Å². The molecule has 192 valence electrons. The van der Waals surface area contributed by atoms with Crippen molar-refractivity contribution < 1.29 is 4.39 Å². The molecule has 0 radical (unpaired) electrons. The van der Waals surface area contributed by atoms with E-state index in [1.54, 1.807) is 22.8 Å². The first-order valence-corrected chi connectivity index (χ1v) is 13.0. The zero-order chi connectivity index (χ0) is 26.4. The van der Waals surface area contributed by atoms with Gasteiger partial charge in [0.05, 0.1) is 11.7 Å². The molecule has 0 bridgehead atoms. The van der Waals surface area contributed by atoms with Crippen molar-refractivity contribution in [1.29, 1.82) is 0 Å². The van der Waals surface area contributed by atoms with E-state index in [-0.39, 0.29) is 29.1 Å². The molecule has 9 nitrogen and oxygen atoms in total. The third-order valence-corrected chi connectivity index (χ3v) is 8.15. The van der Waals surface area contributed by atoms with E-state index in [1.165, 1.54) is 11.0 Å². The minimum Gasteiger partial charge on any atom is -0.359 e. The lowest BCUT2D eigenvalue weighted by molar-refractivity contribution is 0.504. The first kappa shape index (κ1) is 22.4. The summed E-state index contributed by atoms with van der Waals surface area (Å²) in [6, 6.07) is 14.3. The number of tetrazole rings is 1. The summed E-state index contributed by atoms with van der Waals surface area (Å²) >= 11 is 6.33. The minimum absolute atomic E-state index is 0.178. The fraction of sp³-hybridized carbons (Fsp3) is 0.179. The van der Waals surface area contributed by atoms with E-state index >= 15 is 4.39 Å². The SMILES string of the molecule is C=C1Cc2cc(-c3nc(C4C5CC5c5cc(-c6cc(Cl)ccc6-n6cnnn6)cc(=O)n54)[nH]c3F)ccc2N1. The van der Waals surface area contributed by atoms with Crippen LogP contribution >= 0.6 is 11.6 Å². The van der Waals surface area contributed by atoms with Gasteiger partial charge in [0.2, 0.25) is 5.95 Å². The third kappa shape index (κ3) is 3.41. The number of hydrogen-bond acceptors (Lipinski definition) is 6. The van der Waals surface area contributed by atoms with Crippen LogP contribution in [0.2, 0.25) is 5.02 Å². The van der Waals surface area contributed by atoms with Crippen LogP contribution in [0.3, 0.4) is 0 Å². The third-order valence-electron chi connectivity index (χ3n) is 7.92. The number of imidazole rings is 1. The Morgan fingerprint density at radius 1 is 1.10 bits per heavy atom. The van der Waals surface area contributed by atoms with Gasteiger partial charge in [-0.1, -0.05) is 24.2 Å². The molecule has 2 N–H and O–H groups in total. The molecule has 5 heterocycles. The number of anilines is 1. The summed E-state index contributed by atoms with van der Waals surface area (Å²) in [6.07, 6.45) is 3.10. The van der Waals surface area contributed by atoms with Gasteiger partial charge in [-0.3, -0.25) is 4.79 Å². The van der Waals surface area contributed by atoms with Gasteiger partial charge in [0.25, 0.3) is 5.56 Å². The zero-order valence-electron chi connectivity index (χ0n) is 20.4. The van der Waals surface area contributed by atoms with Crippen molar-refractivity contribution in [3.8, 4) is 28.1 Å². The van der Waals surface area contributed by atoms with Crippen molar-refractivity contribution in [2.75, 3.05) is 5.32 Å². The van der Waals surface area contributed by atoms with Crippen LogP contribution in [-0.2, 0) is 6.42 Å². The maximum atomic E-state index is 15.2. The van der Waals surface area contributed by atoms with Gasteiger partial charge in [0, 0.05) is 51.6 Å². The Morgan fingerprint density at radius 3 is 2.85 bits per heavy atom. The van der Waals surface area contributed by atoms with Gasteiger partial charge in [-0.05, 0) is 70.3 Å². The normalized spacial score (nSPS) is 20.5. The molecule has 3 aliphatic rings. The van der Waals surface area contributed by atoms with Crippen molar-refractivity contribution in [1.82, 2.24) is 34.7 Å². The van der Waals surface area contributed by atoms with Gasteiger partial charge in [-0.25, -0.2) is 4.98 Å². The molecule has 8 rings (SSSR count). The number of aromatic nitrogens is 7. The number of benzene rings is 2. The molecule has 3 unspecified atom stereocenters. The topological polar surface area (TPSA) is 106 Å². The Balaban J connectivity index is 1.20. The predicted octanol–water partition coefficient (Wildman–Crippen LogP) is 4.86. The number of nitrogens with zero attached hydrogens (tertiary/aromatic N) is 6.